The molecular weight excluding hydrogens is 486 g/mol. The van der Waals surface area contributed by atoms with Gasteiger partial charge in [-0.3, -0.25) is 19.0 Å². The first-order valence-corrected chi connectivity index (χ1v) is 13.1. The predicted molar refractivity (Wildman–Crippen MR) is 145 cm³/mol. The number of fused-ring (bicyclic) bond motifs is 3. The number of hydrogen-bond donors (Lipinski definition) is 1. The van der Waals surface area contributed by atoms with Crippen LogP contribution in [0.4, 0.5) is 11.4 Å². The van der Waals surface area contributed by atoms with Crippen LogP contribution in [0.15, 0.2) is 29.3 Å². The SMILES string of the molecule is CCOC(=O)C[C@@H]1N=C(c2ccc(Nc3c(C)nn(C)c3C)cc2)c2c(sc(C)c2C)-n2c(C)nnc21. The van der Waals surface area contributed by atoms with E-state index in [2.05, 4.69) is 58.7 Å². The molecule has 0 unspecified atom stereocenters. The molecule has 5 rings (SSSR count). The van der Waals surface area contributed by atoms with Crippen LogP contribution in [0.1, 0.15) is 64.0 Å². The molecule has 1 aliphatic rings. The van der Waals surface area contributed by atoms with Crippen molar-refractivity contribution in [3.8, 4) is 5.00 Å². The molecule has 0 bridgehead atoms. The van der Waals surface area contributed by atoms with Gasteiger partial charge in [-0.05, 0) is 59.2 Å². The van der Waals surface area contributed by atoms with Gasteiger partial charge >= 0.3 is 5.97 Å². The van der Waals surface area contributed by atoms with E-state index in [1.165, 1.54) is 10.4 Å². The van der Waals surface area contributed by atoms with Crippen molar-refractivity contribution in [3.63, 3.8) is 0 Å². The van der Waals surface area contributed by atoms with Gasteiger partial charge in [-0.2, -0.15) is 5.10 Å². The van der Waals surface area contributed by atoms with Crippen molar-refractivity contribution in [2.75, 3.05) is 11.9 Å². The van der Waals surface area contributed by atoms with Crippen molar-refractivity contribution >= 4 is 34.4 Å². The number of carbonyl (C=O) groups excluding carboxylic acids is 1. The molecule has 4 aromatic rings. The molecule has 3 aromatic heterocycles. The topological polar surface area (TPSA) is 99.2 Å². The maximum absolute atomic E-state index is 12.5. The van der Waals surface area contributed by atoms with Gasteiger partial charge in [-0.25, -0.2) is 0 Å². The van der Waals surface area contributed by atoms with Gasteiger partial charge in [0.25, 0.3) is 0 Å². The highest BCUT2D eigenvalue weighted by atomic mass is 32.1. The predicted octanol–water partition coefficient (Wildman–Crippen LogP) is 5.19. The van der Waals surface area contributed by atoms with Gasteiger partial charge in [0.2, 0.25) is 0 Å². The fourth-order valence-corrected chi connectivity index (χ4v) is 5.93. The smallest absolute Gasteiger partial charge is 0.308 e. The van der Waals surface area contributed by atoms with Crippen LogP contribution in [0.2, 0.25) is 0 Å². The summed E-state index contributed by atoms with van der Waals surface area (Å²) in [5.41, 5.74) is 8.03. The lowest BCUT2D eigenvalue weighted by atomic mass is 9.99. The Morgan fingerprint density at radius 2 is 1.84 bits per heavy atom. The van der Waals surface area contributed by atoms with E-state index in [0.717, 1.165) is 50.4 Å². The molecule has 0 saturated heterocycles. The molecule has 1 atom stereocenters. The summed E-state index contributed by atoms with van der Waals surface area (Å²) in [6, 6.07) is 7.73. The molecule has 0 radical (unpaired) electrons. The lowest BCUT2D eigenvalue weighted by Crippen LogP contribution is -2.13. The van der Waals surface area contributed by atoms with Crippen molar-refractivity contribution in [1.82, 2.24) is 24.5 Å². The molecule has 192 valence electrons. The average Bonchev–Trinajstić information content (AvgIpc) is 3.43. The maximum atomic E-state index is 12.5. The Hall–Kier alpha value is -3.79. The molecule has 0 fully saturated rings. The molecule has 0 amide bonds. The summed E-state index contributed by atoms with van der Waals surface area (Å²) in [5, 5.41) is 17.8. The third kappa shape index (κ3) is 4.35. The third-order valence-electron chi connectivity index (χ3n) is 6.84. The number of carbonyl (C=O) groups is 1. The number of benzene rings is 1. The van der Waals surface area contributed by atoms with Crippen LogP contribution in [-0.2, 0) is 16.6 Å². The van der Waals surface area contributed by atoms with Gasteiger partial charge < -0.3 is 10.1 Å². The number of aliphatic imine (C=N–C) groups is 1. The number of nitrogens with one attached hydrogen (secondary N) is 1. The van der Waals surface area contributed by atoms with E-state index < -0.39 is 6.04 Å². The largest absolute Gasteiger partial charge is 0.466 e. The molecule has 0 spiro atoms. The van der Waals surface area contributed by atoms with Crippen molar-refractivity contribution in [1.29, 1.82) is 0 Å². The Labute approximate surface area is 220 Å². The van der Waals surface area contributed by atoms with Crippen molar-refractivity contribution < 1.29 is 9.53 Å². The van der Waals surface area contributed by atoms with E-state index in [1.54, 1.807) is 18.3 Å². The van der Waals surface area contributed by atoms with Crippen molar-refractivity contribution in [3.05, 3.63) is 68.9 Å². The number of hydrogen-bond acceptors (Lipinski definition) is 8. The van der Waals surface area contributed by atoms with E-state index in [1.807, 2.05) is 37.1 Å². The van der Waals surface area contributed by atoms with Gasteiger partial charge in [-0.1, -0.05) is 12.1 Å². The van der Waals surface area contributed by atoms with Crippen LogP contribution in [0.5, 0.6) is 0 Å². The highest BCUT2D eigenvalue weighted by Crippen LogP contribution is 2.39. The standard InChI is InChI=1S/C27H31N7O2S/c1-8-36-22(35)13-21-26-31-30-18(6)34(26)27-23(14(2)17(5)37-27)25(29-21)19-9-11-20(12-10-19)28-24-15(3)32-33(7)16(24)4/h9-12,21,28H,8,13H2,1-7H3/t21-/m0/s1. The fourth-order valence-electron chi connectivity index (χ4n) is 4.71. The Morgan fingerprint density at radius 3 is 2.49 bits per heavy atom. The molecular formula is C27H31N7O2S. The van der Waals surface area contributed by atoms with E-state index in [4.69, 9.17) is 9.73 Å². The molecule has 1 aromatic carbocycles. The summed E-state index contributed by atoms with van der Waals surface area (Å²) in [6.07, 6.45) is 0.0989. The highest BCUT2D eigenvalue weighted by Gasteiger charge is 2.32. The monoisotopic (exact) mass is 517 g/mol. The molecule has 1 N–H and O–H groups in total. The molecule has 0 saturated carbocycles. The molecule has 10 heteroatoms. The summed E-state index contributed by atoms with van der Waals surface area (Å²) in [4.78, 5) is 18.9. The van der Waals surface area contributed by atoms with E-state index in [-0.39, 0.29) is 12.4 Å². The van der Waals surface area contributed by atoms with E-state index in [9.17, 15) is 4.79 Å². The van der Waals surface area contributed by atoms with Gasteiger partial charge in [0.05, 0.1) is 35.8 Å². The molecule has 1 aliphatic heterocycles. The first-order chi connectivity index (χ1) is 17.7. The normalized spacial score (nSPS) is 14.6. The minimum Gasteiger partial charge on any atom is -0.466 e. The second kappa shape index (κ2) is 9.59. The number of aryl methyl sites for hydroxylation is 4. The number of thiophene rings is 1. The number of rotatable bonds is 6. The lowest BCUT2D eigenvalue weighted by Gasteiger charge is -2.13. The Morgan fingerprint density at radius 1 is 1.11 bits per heavy atom. The van der Waals surface area contributed by atoms with E-state index >= 15 is 0 Å². The Balaban J connectivity index is 1.60. The minimum atomic E-state index is -0.506. The number of aromatic nitrogens is 5. The van der Waals surface area contributed by atoms with Gasteiger partial charge in [0.15, 0.2) is 5.82 Å². The van der Waals surface area contributed by atoms with Crippen LogP contribution in [-0.4, -0.2) is 42.8 Å². The summed E-state index contributed by atoms with van der Waals surface area (Å²) in [6.45, 7) is 12.3. The van der Waals surface area contributed by atoms with Gasteiger partial charge in [0.1, 0.15) is 16.9 Å². The summed E-state index contributed by atoms with van der Waals surface area (Å²) < 4.78 is 9.19. The minimum absolute atomic E-state index is 0.0989. The molecule has 37 heavy (non-hydrogen) atoms. The number of esters is 1. The zero-order chi connectivity index (χ0) is 26.4. The lowest BCUT2D eigenvalue weighted by molar-refractivity contribution is -0.143. The first-order valence-electron chi connectivity index (χ1n) is 12.3. The molecule has 9 nitrogen and oxygen atoms in total. The average molecular weight is 518 g/mol. The summed E-state index contributed by atoms with van der Waals surface area (Å²) in [7, 11) is 1.94. The zero-order valence-corrected chi connectivity index (χ0v) is 23.0. The fraction of sp³-hybridized carbons (Fsp3) is 0.370. The second-order valence-corrected chi connectivity index (χ2v) is 10.5. The van der Waals surface area contributed by atoms with Gasteiger partial charge in [0, 0.05) is 28.7 Å². The third-order valence-corrected chi connectivity index (χ3v) is 8.03. The van der Waals surface area contributed by atoms with Crippen LogP contribution < -0.4 is 5.32 Å². The van der Waals surface area contributed by atoms with Crippen molar-refractivity contribution in [2.45, 2.75) is 54.0 Å². The number of nitrogens with zero attached hydrogens (tertiary/aromatic N) is 6. The second-order valence-electron chi connectivity index (χ2n) is 9.28. The zero-order valence-electron chi connectivity index (χ0n) is 22.2. The molecule has 0 aliphatic carbocycles. The Kier molecular flexibility index (Phi) is 6.45. The van der Waals surface area contributed by atoms with Crippen LogP contribution in [0.3, 0.4) is 0 Å². The number of anilines is 2. The summed E-state index contributed by atoms with van der Waals surface area (Å²) in [5.74, 6) is 1.12. The van der Waals surface area contributed by atoms with Crippen LogP contribution in [0.25, 0.3) is 5.00 Å². The van der Waals surface area contributed by atoms with E-state index in [0.29, 0.717) is 12.4 Å². The van der Waals surface area contributed by atoms with Crippen LogP contribution >= 0.6 is 11.3 Å². The first kappa shape index (κ1) is 24.9. The Bertz CT molecular complexity index is 1530. The molecule has 4 heterocycles. The highest BCUT2D eigenvalue weighted by molar-refractivity contribution is 7.15. The van der Waals surface area contributed by atoms with Gasteiger partial charge in [-0.15, -0.1) is 21.5 Å². The maximum Gasteiger partial charge on any atom is 0.308 e. The summed E-state index contributed by atoms with van der Waals surface area (Å²) >= 11 is 1.70. The van der Waals surface area contributed by atoms with Crippen molar-refractivity contribution in [2.24, 2.45) is 12.0 Å². The van der Waals surface area contributed by atoms with Crippen LogP contribution in [0, 0.1) is 34.6 Å². The number of ether oxygens (including phenoxy) is 1. The quantitative estimate of drug-likeness (QED) is 0.353.